The first-order valence-corrected chi connectivity index (χ1v) is 5.49. The maximum Gasteiger partial charge on any atom is 0.0510 e. The average molecular weight is 200 g/mol. The molecule has 0 aliphatic heterocycles. The van der Waals surface area contributed by atoms with Crippen molar-refractivity contribution in [3.8, 4) is 0 Å². The number of nitrogens with two attached hydrogens (primary N) is 1. The molecule has 1 saturated carbocycles. The van der Waals surface area contributed by atoms with Crippen LogP contribution in [0.3, 0.4) is 0 Å². The lowest BCUT2D eigenvalue weighted by molar-refractivity contribution is 0.746. The summed E-state index contributed by atoms with van der Waals surface area (Å²) in [4.78, 5) is 3.46. The maximum absolute atomic E-state index is 6.27. The normalized spacial score (nSPS) is 18.3. The van der Waals surface area contributed by atoms with E-state index in [0.717, 1.165) is 12.8 Å². The molecule has 3 rings (SSSR count). The summed E-state index contributed by atoms with van der Waals surface area (Å²) in [6, 6.07) is 6.44. The van der Waals surface area contributed by atoms with Crippen molar-refractivity contribution in [2.45, 2.75) is 32.2 Å². The third kappa shape index (κ3) is 1.15. The van der Waals surface area contributed by atoms with Gasteiger partial charge >= 0.3 is 0 Å². The lowest BCUT2D eigenvalue weighted by Gasteiger charge is -2.10. The van der Waals surface area contributed by atoms with Gasteiger partial charge in [0.05, 0.1) is 5.52 Å². The topological polar surface area (TPSA) is 41.8 Å². The van der Waals surface area contributed by atoms with Crippen molar-refractivity contribution in [1.29, 1.82) is 0 Å². The van der Waals surface area contributed by atoms with Gasteiger partial charge < -0.3 is 10.7 Å². The van der Waals surface area contributed by atoms with Gasteiger partial charge in [-0.05, 0) is 37.8 Å². The minimum Gasteiger partial charge on any atom is -0.358 e. The third-order valence-corrected chi connectivity index (χ3v) is 3.67. The van der Waals surface area contributed by atoms with Crippen LogP contribution in [0.5, 0.6) is 0 Å². The Morgan fingerprint density at radius 2 is 2.00 bits per heavy atom. The highest BCUT2D eigenvalue weighted by molar-refractivity contribution is 5.88. The molecule has 1 aliphatic carbocycles. The molecule has 1 aliphatic rings. The highest BCUT2D eigenvalue weighted by Gasteiger charge is 2.41. The van der Waals surface area contributed by atoms with Gasteiger partial charge in [-0.15, -0.1) is 0 Å². The van der Waals surface area contributed by atoms with Crippen molar-refractivity contribution < 1.29 is 0 Å². The summed E-state index contributed by atoms with van der Waals surface area (Å²) in [6.45, 7) is 4.28. The minimum absolute atomic E-state index is 0.0523. The molecule has 78 valence electrons. The summed E-state index contributed by atoms with van der Waals surface area (Å²) < 4.78 is 0. The summed E-state index contributed by atoms with van der Waals surface area (Å²) in [7, 11) is 0. The molecule has 0 amide bonds. The molecular weight excluding hydrogens is 184 g/mol. The molecule has 2 nitrogen and oxygen atoms in total. The van der Waals surface area contributed by atoms with Crippen molar-refractivity contribution in [1.82, 2.24) is 4.98 Å². The molecule has 0 radical (unpaired) electrons. The Morgan fingerprint density at radius 1 is 1.27 bits per heavy atom. The second-order valence-electron chi connectivity index (χ2n) is 4.76. The molecule has 3 N–H and O–H groups in total. The zero-order valence-corrected chi connectivity index (χ0v) is 9.22. The van der Waals surface area contributed by atoms with Gasteiger partial charge in [0.1, 0.15) is 0 Å². The van der Waals surface area contributed by atoms with Gasteiger partial charge in [-0.3, -0.25) is 0 Å². The van der Waals surface area contributed by atoms with Gasteiger partial charge in [0.2, 0.25) is 0 Å². The maximum atomic E-state index is 6.27. The van der Waals surface area contributed by atoms with Crippen LogP contribution in [0.1, 0.15) is 29.7 Å². The molecule has 2 heteroatoms. The Labute approximate surface area is 89.5 Å². The number of nitrogens with one attached hydrogen (secondary N) is 1. The summed E-state index contributed by atoms with van der Waals surface area (Å²) >= 11 is 0. The van der Waals surface area contributed by atoms with Crippen molar-refractivity contribution in [2.75, 3.05) is 0 Å². The minimum atomic E-state index is -0.0523. The molecule has 0 unspecified atom stereocenters. The Bertz CT molecular complexity index is 533. The van der Waals surface area contributed by atoms with Crippen molar-refractivity contribution in [3.63, 3.8) is 0 Å². The predicted molar refractivity (Wildman–Crippen MR) is 62.9 cm³/mol. The van der Waals surface area contributed by atoms with Crippen LogP contribution in [-0.4, -0.2) is 4.98 Å². The van der Waals surface area contributed by atoms with E-state index in [0.29, 0.717) is 0 Å². The molecule has 1 fully saturated rings. The molecule has 0 spiro atoms. The van der Waals surface area contributed by atoms with Crippen LogP contribution in [-0.2, 0) is 5.54 Å². The number of hydrogen-bond donors (Lipinski definition) is 2. The number of aryl methyl sites for hydroxylation is 2. The van der Waals surface area contributed by atoms with E-state index in [1.54, 1.807) is 0 Å². The van der Waals surface area contributed by atoms with E-state index in [1.807, 2.05) is 0 Å². The molecule has 0 saturated heterocycles. The van der Waals surface area contributed by atoms with Gasteiger partial charge in [0, 0.05) is 16.6 Å². The molecule has 1 aromatic heterocycles. The predicted octanol–water partition coefficient (Wildman–Crippen LogP) is 2.73. The molecule has 2 aromatic rings. The van der Waals surface area contributed by atoms with E-state index >= 15 is 0 Å². The van der Waals surface area contributed by atoms with Gasteiger partial charge in [0.25, 0.3) is 0 Å². The number of H-pyrrole nitrogens is 1. The van der Waals surface area contributed by atoms with Gasteiger partial charge in [-0.25, -0.2) is 0 Å². The quantitative estimate of drug-likeness (QED) is 0.730. The molecule has 15 heavy (non-hydrogen) atoms. The van der Waals surface area contributed by atoms with Crippen LogP contribution in [0.15, 0.2) is 18.2 Å². The number of hydrogen-bond acceptors (Lipinski definition) is 1. The number of para-hydroxylation sites is 1. The summed E-state index contributed by atoms with van der Waals surface area (Å²) in [6.07, 6.45) is 2.23. The zero-order valence-electron chi connectivity index (χ0n) is 9.22. The first-order valence-electron chi connectivity index (χ1n) is 5.49. The van der Waals surface area contributed by atoms with Crippen LogP contribution in [0.25, 0.3) is 10.9 Å². The monoisotopic (exact) mass is 200 g/mol. The van der Waals surface area contributed by atoms with E-state index in [1.165, 1.54) is 27.7 Å². The van der Waals surface area contributed by atoms with Crippen LogP contribution in [0, 0.1) is 13.8 Å². The lowest BCUT2D eigenvalue weighted by atomic mass is 10.0. The third-order valence-electron chi connectivity index (χ3n) is 3.67. The largest absolute Gasteiger partial charge is 0.358 e. The summed E-state index contributed by atoms with van der Waals surface area (Å²) in [5.74, 6) is 0. The van der Waals surface area contributed by atoms with E-state index in [2.05, 4.69) is 37.0 Å². The fourth-order valence-electron chi connectivity index (χ4n) is 2.30. The smallest absolute Gasteiger partial charge is 0.0510 e. The number of aromatic amines is 1. The van der Waals surface area contributed by atoms with Crippen LogP contribution in [0.4, 0.5) is 0 Å². The Hall–Kier alpha value is -1.28. The Balaban J connectivity index is 2.36. The fraction of sp³-hybridized carbons (Fsp3) is 0.385. The van der Waals surface area contributed by atoms with Crippen LogP contribution in [0.2, 0.25) is 0 Å². The first kappa shape index (κ1) is 8.98. The van der Waals surface area contributed by atoms with E-state index < -0.39 is 0 Å². The van der Waals surface area contributed by atoms with Gasteiger partial charge in [-0.2, -0.15) is 0 Å². The van der Waals surface area contributed by atoms with Gasteiger partial charge in [0.15, 0.2) is 0 Å². The van der Waals surface area contributed by atoms with Crippen LogP contribution >= 0.6 is 0 Å². The molecular formula is C13H16N2. The Morgan fingerprint density at radius 3 is 2.67 bits per heavy atom. The summed E-state index contributed by atoms with van der Waals surface area (Å²) in [5.41, 5.74) is 11.3. The standard InChI is InChI=1S/C13H16N2/c1-8-9(2)15-12-10(8)4-3-5-11(12)13(14)6-7-13/h3-5,15H,6-7,14H2,1-2H3. The SMILES string of the molecule is Cc1[nH]c2c(C3(N)CC3)cccc2c1C. The highest BCUT2D eigenvalue weighted by atomic mass is 14.8. The van der Waals surface area contributed by atoms with Crippen molar-refractivity contribution in [2.24, 2.45) is 5.73 Å². The molecule has 1 heterocycles. The Kier molecular flexibility index (Phi) is 1.58. The zero-order chi connectivity index (χ0) is 10.6. The molecule has 0 atom stereocenters. The number of fused-ring (bicyclic) bond motifs is 1. The van der Waals surface area contributed by atoms with Crippen LogP contribution < -0.4 is 5.73 Å². The second-order valence-corrected chi connectivity index (χ2v) is 4.76. The second kappa shape index (κ2) is 2.64. The number of rotatable bonds is 1. The van der Waals surface area contributed by atoms with E-state index in [4.69, 9.17) is 5.73 Å². The van der Waals surface area contributed by atoms with E-state index in [9.17, 15) is 0 Å². The van der Waals surface area contributed by atoms with Crippen molar-refractivity contribution >= 4 is 10.9 Å². The van der Waals surface area contributed by atoms with Gasteiger partial charge in [-0.1, -0.05) is 18.2 Å². The molecule has 0 bridgehead atoms. The number of aromatic nitrogens is 1. The van der Waals surface area contributed by atoms with E-state index in [-0.39, 0.29) is 5.54 Å². The summed E-state index contributed by atoms with van der Waals surface area (Å²) in [5, 5.41) is 1.32. The highest BCUT2D eigenvalue weighted by Crippen LogP contribution is 2.45. The number of benzene rings is 1. The van der Waals surface area contributed by atoms with Crippen molar-refractivity contribution in [3.05, 3.63) is 35.0 Å². The average Bonchev–Trinajstić information content (AvgIpc) is 2.90. The fourth-order valence-corrected chi connectivity index (χ4v) is 2.30. The lowest BCUT2D eigenvalue weighted by Crippen LogP contribution is -2.18. The molecule has 1 aromatic carbocycles. The first-order chi connectivity index (χ1) is 7.12.